The molecule has 0 atom stereocenters. The first-order valence-electron chi connectivity index (χ1n) is 6.34. The van der Waals surface area contributed by atoms with Crippen molar-refractivity contribution >= 4 is 10.0 Å². The van der Waals surface area contributed by atoms with E-state index in [-0.39, 0.29) is 5.03 Å². The summed E-state index contributed by atoms with van der Waals surface area (Å²) in [5.74, 6) is 0. The highest BCUT2D eigenvalue weighted by atomic mass is 32.2. The fraction of sp³-hybridized carbons (Fsp3) is 0.727. The summed E-state index contributed by atoms with van der Waals surface area (Å²) < 4.78 is 26.6. The molecule has 0 saturated heterocycles. The molecule has 0 spiro atoms. The summed E-state index contributed by atoms with van der Waals surface area (Å²) in [5.41, 5.74) is 0.667. The van der Waals surface area contributed by atoms with Crippen LogP contribution in [-0.4, -0.2) is 31.7 Å². The number of nitrogens with zero attached hydrogens (tertiary/aromatic N) is 1. The van der Waals surface area contributed by atoms with Crippen LogP contribution in [0.5, 0.6) is 0 Å². The molecule has 0 aliphatic rings. The Bertz CT molecular complexity index is 442. The lowest BCUT2D eigenvalue weighted by molar-refractivity contribution is 0.569. The third-order valence-electron chi connectivity index (χ3n) is 2.58. The van der Waals surface area contributed by atoms with Gasteiger partial charge in [-0.25, -0.2) is 13.1 Å². The lowest BCUT2D eigenvalue weighted by atomic mass is 10.3. The lowest BCUT2D eigenvalue weighted by Gasteiger charge is -2.07. The zero-order valence-corrected chi connectivity index (χ0v) is 11.8. The molecule has 0 amide bonds. The van der Waals surface area contributed by atoms with E-state index < -0.39 is 10.0 Å². The zero-order chi connectivity index (χ0) is 13.4. The van der Waals surface area contributed by atoms with Crippen molar-refractivity contribution < 1.29 is 8.42 Å². The molecule has 3 N–H and O–H groups in total. The summed E-state index contributed by atoms with van der Waals surface area (Å²) in [6.07, 6.45) is 4.49. The maximum atomic E-state index is 12.0. The van der Waals surface area contributed by atoms with Crippen LogP contribution in [0.25, 0.3) is 0 Å². The lowest BCUT2D eigenvalue weighted by Crippen LogP contribution is -2.26. The second-order valence-electron chi connectivity index (χ2n) is 4.11. The molecule has 1 rings (SSSR count). The highest BCUT2D eigenvalue weighted by molar-refractivity contribution is 7.89. The third-order valence-corrected chi connectivity index (χ3v) is 4.06. The number of sulfonamides is 1. The van der Waals surface area contributed by atoms with Crippen molar-refractivity contribution in [3.8, 4) is 0 Å². The van der Waals surface area contributed by atoms with E-state index in [0.717, 1.165) is 25.8 Å². The SMILES string of the molecule is CCCCCNS(=O)(=O)c1[nH]ncc1CNCC. The van der Waals surface area contributed by atoms with Gasteiger partial charge in [0.25, 0.3) is 10.0 Å². The molecule has 1 aromatic heterocycles. The van der Waals surface area contributed by atoms with E-state index in [2.05, 4.69) is 27.2 Å². The normalized spacial score (nSPS) is 11.9. The molecule has 0 radical (unpaired) electrons. The highest BCUT2D eigenvalue weighted by Gasteiger charge is 2.19. The van der Waals surface area contributed by atoms with Gasteiger partial charge in [0, 0.05) is 18.7 Å². The Labute approximate surface area is 109 Å². The largest absolute Gasteiger partial charge is 0.313 e. The molecular formula is C11H22N4O2S. The standard InChI is InChI=1S/C11H22N4O2S/c1-3-5-6-7-14-18(16,17)11-10(8-12-4-2)9-13-15-11/h9,12,14H,3-8H2,1-2H3,(H,13,15). The average Bonchev–Trinajstić information content (AvgIpc) is 2.81. The molecule has 1 heterocycles. The molecule has 1 aromatic rings. The van der Waals surface area contributed by atoms with E-state index in [4.69, 9.17) is 0 Å². The third kappa shape index (κ3) is 4.40. The molecule has 0 aromatic carbocycles. The van der Waals surface area contributed by atoms with Crippen LogP contribution in [0.1, 0.15) is 38.7 Å². The molecule has 6 nitrogen and oxygen atoms in total. The van der Waals surface area contributed by atoms with Crippen molar-refractivity contribution in [3.63, 3.8) is 0 Å². The number of aromatic amines is 1. The summed E-state index contributed by atoms with van der Waals surface area (Å²) in [5, 5.41) is 9.61. The Morgan fingerprint density at radius 2 is 2.11 bits per heavy atom. The number of hydrogen-bond acceptors (Lipinski definition) is 4. The summed E-state index contributed by atoms with van der Waals surface area (Å²) in [4.78, 5) is 0. The molecule has 0 aliphatic carbocycles. The summed E-state index contributed by atoms with van der Waals surface area (Å²) in [7, 11) is -3.47. The molecule has 7 heteroatoms. The van der Waals surface area contributed by atoms with Crippen LogP contribution in [0.2, 0.25) is 0 Å². The van der Waals surface area contributed by atoms with Crippen molar-refractivity contribution in [2.45, 2.75) is 44.7 Å². The minimum absolute atomic E-state index is 0.167. The van der Waals surface area contributed by atoms with E-state index in [9.17, 15) is 8.42 Å². The molecule has 0 saturated carbocycles. The summed E-state index contributed by atoms with van der Waals surface area (Å²) in [6.45, 7) is 5.80. The maximum Gasteiger partial charge on any atom is 0.257 e. The monoisotopic (exact) mass is 274 g/mol. The van der Waals surface area contributed by atoms with Gasteiger partial charge in [0.2, 0.25) is 0 Å². The molecular weight excluding hydrogens is 252 g/mol. The average molecular weight is 274 g/mol. The number of aromatic nitrogens is 2. The van der Waals surface area contributed by atoms with E-state index in [0.29, 0.717) is 18.7 Å². The van der Waals surface area contributed by atoms with Crippen LogP contribution in [0.4, 0.5) is 0 Å². The minimum Gasteiger partial charge on any atom is -0.313 e. The van der Waals surface area contributed by atoms with Gasteiger partial charge in [0.1, 0.15) is 0 Å². The van der Waals surface area contributed by atoms with E-state index in [1.54, 1.807) is 6.20 Å². The maximum absolute atomic E-state index is 12.0. The van der Waals surface area contributed by atoms with Crippen LogP contribution < -0.4 is 10.0 Å². The van der Waals surface area contributed by atoms with Gasteiger partial charge in [0.15, 0.2) is 5.03 Å². The predicted molar refractivity (Wildman–Crippen MR) is 70.7 cm³/mol. The van der Waals surface area contributed by atoms with Gasteiger partial charge in [-0.15, -0.1) is 0 Å². The second kappa shape index (κ2) is 7.50. The van der Waals surface area contributed by atoms with Crippen LogP contribution in [0.3, 0.4) is 0 Å². The first-order valence-corrected chi connectivity index (χ1v) is 7.82. The number of H-pyrrole nitrogens is 1. The Kier molecular flexibility index (Phi) is 6.31. The first kappa shape index (κ1) is 15.1. The second-order valence-corrected chi connectivity index (χ2v) is 5.81. The molecule has 0 aliphatic heterocycles. The number of nitrogens with one attached hydrogen (secondary N) is 3. The zero-order valence-electron chi connectivity index (χ0n) is 11.0. The number of hydrogen-bond donors (Lipinski definition) is 3. The van der Waals surface area contributed by atoms with Crippen molar-refractivity contribution in [1.82, 2.24) is 20.2 Å². The van der Waals surface area contributed by atoms with Gasteiger partial charge in [-0.1, -0.05) is 26.7 Å². The first-order chi connectivity index (χ1) is 8.61. The molecule has 0 unspecified atom stereocenters. The van der Waals surface area contributed by atoms with Crippen LogP contribution >= 0.6 is 0 Å². The van der Waals surface area contributed by atoms with Gasteiger partial charge >= 0.3 is 0 Å². The van der Waals surface area contributed by atoms with Crippen LogP contribution in [0.15, 0.2) is 11.2 Å². The number of rotatable bonds is 9. The Hall–Kier alpha value is -0.920. The highest BCUT2D eigenvalue weighted by Crippen LogP contribution is 2.11. The number of unbranched alkanes of at least 4 members (excludes halogenated alkanes) is 2. The quantitative estimate of drug-likeness (QED) is 0.586. The Morgan fingerprint density at radius 3 is 2.78 bits per heavy atom. The van der Waals surface area contributed by atoms with Crippen molar-refractivity contribution in [2.75, 3.05) is 13.1 Å². The topological polar surface area (TPSA) is 86.9 Å². The van der Waals surface area contributed by atoms with Gasteiger partial charge in [-0.3, -0.25) is 5.10 Å². The smallest absolute Gasteiger partial charge is 0.257 e. The molecule has 104 valence electrons. The minimum atomic E-state index is -3.47. The summed E-state index contributed by atoms with van der Waals surface area (Å²) >= 11 is 0. The van der Waals surface area contributed by atoms with Crippen molar-refractivity contribution in [3.05, 3.63) is 11.8 Å². The predicted octanol–water partition coefficient (Wildman–Crippen LogP) is 0.988. The van der Waals surface area contributed by atoms with Crippen LogP contribution in [-0.2, 0) is 16.6 Å². The fourth-order valence-electron chi connectivity index (χ4n) is 1.57. The summed E-state index contributed by atoms with van der Waals surface area (Å²) in [6, 6.07) is 0. The van der Waals surface area contributed by atoms with Crippen molar-refractivity contribution in [2.24, 2.45) is 0 Å². The Balaban J connectivity index is 2.63. The van der Waals surface area contributed by atoms with E-state index >= 15 is 0 Å². The van der Waals surface area contributed by atoms with E-state index in [1.807, 2.05) is 6.92 Å². The Morgan fingerprint density at radius 1 is 1.33 bits per heavy atom. The van der Waals surface area contributed by atoms with Crippen molar-refractivity contribution in [1.29, 1.82) is 0 Å². The van der Waals surface area contributed by atoms with Gasteiger partial charge in [0.05, 0.1) is 6.20 Å². The molecule has 0 fully saturated rings. The van der Waals surface area contributed by atoms with Gasteiger partial charge in [-0.05, 0) is 13.0 Å². The molecule has 0 bridgehead atoms. The van der Waals surface area contributed by atoms with E-state index in [1.165, 1.54) is 0 Å². The fourth-order valence-corrected chi connectivity index (χ4v) is 2.77. The van der Waals surface area contributed by atoms with Crippen LogP contribution in [0, 0.1) is 0 Å². The molecule has 18 heavy (non-hydrogen) atoms. The van der Waals surface area contributed by atoms with Gasteiger partial charge in [-0.2, -0.15) is 5.10 Å². The van der Waals surface area contributed by atoms with Gasteiger partial charge < -0.3 is 5.32 Å².